The Balaban J connectivity index is 1.55. The van der Waals surface area contributed by atoms with Crippen molar-refractivity contribution in [3.63, 3.8) is 0 Å². The van der Waals surface area contributed by atoms with Gasteiger partial charge in [-0.15, -0.1) is 0 Å². The summed E-state index contributed by atoms with van der Waals surface area (Å²) in [6.45, 7) is 3.97. The predicted molar refractivity (Wildman–Crippen MR) is 96.3 cm³/mol. The zero-order chi connectivity index (χ0) is 17.3. The molecule has 0 saturated carbocycles. The highest BCUT2D eigenvalue weighted by atomic mass is 79.9. The number of ether oxygens (including phenoxy) is 3. The number of hydrogen-bond donors (Lipinski definition) is 0. The summed E-state index contributed by atoms with van der Waals surface area (Å²) >= 11 is 3.49. The van der Waals surface area contributed by atoms with Crippen molar-refractivity contribution in [3.05, 3.63) is 34.3 Å². The predicted octanol–water partition coefficient (Wildman–Crippen LogP) is 2.86. The topological polar surface area (TPSA) is 48.0 Å². The summed E-state index contributed by atoms with van der Waals surface area (Å²) in [5, 5.41) is 0. The molecule has 3 aliphatic heterocycles. The standard InChI is InChI=1S/C19H24BrNO4/c20-16-3-1-15(2-4-16)18(7-11-23-12-8-18)17(22)21-9-5-19(6-10-21)24-13-14-25-19/h1-4H,5-14H2. The Morgan fingerprint density at radius 2 is 1.52 bits per heavy atom. The summed E-state index contributed by atoms with van der Waals surface area (Å²) in [6, 6.07) is 8.18. The summed E-state index contributed by atoms with van der Waals surface area (Å²) in [4.78, 5) is 15.5. The van der Waals surface area contributed by atoms with Crippen molar-refractivity contribution >= 4 is 21.8 Å². The number of nitrogens with zero attached hydrogens (tertiary/aromatic N) is 1. The van der Waals surface area contributed by atoms with Crippen LogP contribution in [0, 0.1) is 0 Å². The van der Waals surface area contributed by atoms with E-state index in [-0.39, 0.29) is 5.91 Å². The van der Waals surface area contributed by atoms with Gasteiger partial charge in [0.25, 0.3) is 0 Å². The highest BCUT2D eigenvalue weighted by molar-refractivity contribution is 9.10. The zero-order valence-corrected chi connectivity index (χ0v) is 15.9. The average Bonchev–Trinajstić information content (AvgIpc) is 3.11. The van der Waals surface area contributed by atoms with E-state index >= 15 is 0 Å². The Morgan fingerprint density at radius 1 is 0.920 bits per heavy atom. The minimum absolute atomic E-state index is 0.228. The number of hydrogen-bond acceptors (Lipinski definition) is 4. The van der Waals surface area contributed by atoms with Gasteiger partial charge in [-0.25, -0.2) is 0 Å². The fourth-order valence-electron chi connectivity index (χ4n) is 4.25. The lowest BCUT2D eigenvalue weighted by atomic mass is 9.72. The highest BCUT2D eigenvalue weighted by Gasteiger charge is 2.47. The second-order valence-electron chi connectivity index (χ2n) is 7.10. The van der Waals surface area contributed by atoms with Gasteiger partial charge in [-0.3, -0.25) is 4.79 Å². The Labute approximate surface area is 156 Å². The zero-order valence-electron chi connectivity index (χ0n) is 14.3. The molecule has 1 amide bonds. The normalized spacial score (nSPS) is 25.2. The molecule has 0 aliphatic carbocycles. The molecule has 0 aromatic heterocycles. The van der Waals surface area contributed by atoms with Gasteiger partial charge in [-0.05, 0) is 30.5 Å². The maximum absolute atomic E-state index is 13.5. The van der Waals surface area contributed by atoms with Crippen molar-refractivity contribution in [3.8, 4) is 0 Å². The Kier molecular flexibility index (Phi) is 4.88. The molecule has 3 heterocycles. The molecule has 3 saturated heterocycles. The van der Waals surface area contributed by atoms with Gasteiger partial charge >= 0.3 is 0 Å². The van der Waals surface area contributed by atoms with Crippen LogP contribution in [0.1, 0.15) is 31.2 Å². The van der Waals surface area contributed by atoms with E-state index in [9.17, 15) is 4.79 Å². The van der Waals surface area contributed by atoms with Crippen LogP contribution < -0.4 is 0 Å². The number of benzene rings is 1. The third kappa shape index (κ3) is 3.25. The van der Waals surface area contributed by atoms with Crippen molar-refractivity contribution in [1.29, 1.82) is 0 Å². The third-order valence-electron chi connectivity index (χ3n) is 5.78. The lowest BCUT2D eigenvalue weighted by molar-refractivity contribution is -0.189. The fourth-order valence-corrected chi connectivity index (χ4v) is 4.52. The Bertz CT molecular complexity index is 611. The van der Waals surface area contributed by atoms with Crippen LogP contribution in [0.5, 0.6) is 0 Å². The molecular formula is C19H24BrNO4. The lowest BCUT2D eigenvalue weighted by Gasteiger charge is -2.44. The van der Waals surface area contributed by atoms with E-state index in [2.05, 4.69) is 28.1 Å². The van der Waals surface area contributed by atoms with Crippen LogP contribution >= 0.6 is 15.9 Å². The van der Waals surface area contributed by atoms with Crippen molar-refractivity contribution in [1.82, 2.24) is 4.90 Å². The molecule has 0 radical (unpaired) electrons. The Morgan fingerprint density at radius 3 is 2.12 bits per heavy atom. The van der Waals surface area contributed by atoms with Crippen LogP contribution in [-0.2, 0) is 24.4 Å². The number of rotatable bonds is 2. The summed E-state index contributed by atoms with van der Waals surface area (Å²) in [5.41, 5.74) is 0.624. The number of likely N-dealkylation sites (tertiary alicyclic amines) is 1. The van der Waals surface area contributed by atoms with Crippen molar-refractivity contribution in [2.45, 2.75) is 36.9 Å². The molecule has 0 atom stereocenters. The molecular weight excluding hydrogens is 386 g/mol. The molecule has 3 aliphatic rings. The molecule has 1 spiro atoms. The van der Waals surface area contributed by atoms with Gasteiger partial charge in [0.2, 0.25) is 5.91 Å². The van der Waals surface area contributed by atoms with Crippen LogP contribution in [0.4, 0.5) is 0 Å². The van der Waals surface area contributed by atoms with Crippen LogP contribution in [0.25, 0.3) is 0 Å². The molecule has 1 aromatic carbocycles. The quantitative estimate of drug-likeness (QED) is 0.753. The molecule has 1 aromatic rings. The first-order valence-electron chi connectivity index (χ1n) is 9.05. The number of carbonyl (C=O) groups is 1. The van der Waals surface area contributed by atoms with Gasteiger partial charge in [0.15, 0.2) is 5.79 Å². The maximum Gasteiger partial charge on any atom is 0.233 e. The minimum Gasteiger partial charge on any atom is -0.381 e. The molecule has 3 fully saturated rings. The molecule has 6 heteroatoms. The van der Waals surface area contributed by atoms with Gasteiger partial charge in [0, 0.05) is 43.6 Å². The number of piperidine rings is 1. The van der Waals surface area contributed by atoms with E-state index in [1.165, 1.54) is 0 Å². The first-order valence-corrected chi connectivity index (χ1v) is 9.84. The van der Waals surface area contributed by atoms with E-state index < -0.39 is 11.2 Å². The first kappa shape index (κ1) is 17.5. The van der Waals surface area contributed by atoms with Crippen LogP contribution in [0.2, 0.25) is 0 Å². The van der Waals surface area contributed by atoms with Gasteiger partial charge in [-0.2, -0.15) is 0 Å². The Hall–Kier alpha value is -0.950. The van der Waals surface area contributed by atoms with Crippen LogP contribution in [0.3, 0.4) is 0 Å². The lowest BCUT2D eigenvalue weighted by Crippen LogP contribution is -2.54. The van der Waals surface area contributed by atoms with Crippen LogP contribution in [0.15, 0.2) is 28.7 Å². The van der Waals surface area contributed by atoms with E-state index in [0.29, 0.717) is 39.5 Å². The van der Waals surface area contributed by atoms with Crippen molar-refractivity contribution in [2.24, 2.45) is 0 Å². The summed E-state index contributed by atoms with van der Waals surface area (Å²) < 4.78 is 18.2. The summed E-state index contributed by atoms with van der Waals surface area (Å²) in [5.74, 6) is -0.219. The van der Waals surface area contributed by atoms with Gasteiger partial charge < -0.3 is 19.1 Å². The monoisotopic (exact) mass is 409 g/mol. The maximum atomic E-state index is 13.5. The minimum atomic E-state index is -0.471. The first-order chi connectivity index (χ1) is 12.1. The second kappa shape index (κ2) is 6.99. The highest BCUT2D eigenvalue weighted by Crippen LogP contribution is 2.39. The van der Waals surface area contributed by atoms with E-state index in [1.54, 1.807) is 0 Å². The largest absolute Gasteiger partial charge is 0.381 e. The van der Waals surface area contributed by atoms with Gasteiger partial charge in [0.1, 0.15) is 0 Å². The molecule has 136 valence electrons. The number of carbonyl (C=O) groups excluding carboxylic acids is 1. The smallest absolute Gasteiger partial charge is 0.233 e. The SMILES string of the molecule is O=C(N1CCC2(CC1)OCCO2)C1(c2ccc(Br)cc2)CCOCC1. The molecule has 0 unspecified atom stereocenters. The van der Waals surface area contributed by atoms with Gasteiger partial charge in [0.05, 0.1) is 18.6 Å². The van der Waals surface area contributed by atoms with E-state index in [0.717, 1.165) is 35.7 Å². The molecule has 25 heavy (non-hydrogen) atoms. The molecule has 0 bridgehead atoms. The molecule has 4 rings (SSSR count). The average molecular weight is 410 g/mol. The van der Waals surface area contributed by atoms with Crippen molar-refractivity contribution in [2.75, 3.05) is 39.5 Å². The van der Waals surface area contributed by atoms with Crippen LogP contribution in [-0.4, -0.2) is 56.1 Å². The molecule has 0 N–H and O–H groups in total. The number of halogens is 1. The number of amides is 1. The molecule has 5 nitrogen and oxygen atoms in total. The van der Waals surface area contributed by atoms with E-state index in [1.807, 2.05) is 17.0 Å². The van der Waals surface area contributed by atoms with E-state index in [4.69, 9.17) is 14.2 Å². The van der Waals surface area contributed by atoms with Crippen molar-refractivity contribution < 1.29 is 19.0 Å². The fraction of sp³-hybridized carbons (Fsp3) is 0.632. The summed E-state index contributed by atoms with van der Waals surface area (Å²) in [7, 11) is 0. The third-order valence-corrected chi connectivity index (χ3v) is 6.31. The second-order valence-corrected chi connectivity index (χ2v) is 8.02. The van der Waals surface area contributed by atoms with Gasteiger partial charge in [-0.1, -0.05) is 28.1 Å². The summed E-state index contributed by atoms with van der Waals surface area (Å²) in [6.07, 6.45) is 2.99.